The highest BCUT2D eigenvalue weighted by Gasteiger charge is 2.21. The number of hydrogen-bond acceptors (Lipinski definition) is 2. The van der Waals surface area contributed by atoms with Crippen molar-refractivity contribution in [2.24, 2.45) is 0 Å². The number of unbranched alkanes of at least 4 members (excludes halogenated alkanes) is 2. The zero-order chi connectivity index (χ0) is 19.8. The molecular weight excluding hydrogens is 356 g/mol. The van der Waals surface area contributed by atoms with Gasteiger partial charge in [-0.3, -0.25) is 0 Å². The molecule has 5 N–H and O–H groups in total. The van der Waals surface area contributed by atoms with Crippen molar-refractivity contribution in [2.45, 2.75) is 64.3 Å². The van der Waals surface area contributed by atoms with Gasteiger partial charge in [-0.15, -0.1) is 5.43 Å². The van der Waals surface area contributed by atoms with Crippen LogP contribution in [0.25, 0.3) is 10.9 Å². The van der Waals surface area contributed by atoms with Gasteiger partial charge in [0.15, 0.2) is 0 Å². The number of urea groups is 1. The van der Waals surface area contributed by atoms with Gasteiger partial charge < -0.3 is 15.6 Å². The number of aromatic amines is 1. The molecule has 1 aromatic heterocycles. The van der Waals surface area contributed by atoms with Gasteiger partial charge in [0.25, 0.3) is 4.98 Å². The molecule has 3 rings (SSSR count). The lowest BCUT2D eigenvalue weighted by Gasteiger charge is -2.17. The lowest BCUT2D eigenvalue weighted by atomic mass is 9.96. The second-order valence-electron chi connectivity index (χ2n) is 7.42. The van der Waals surface area contributed by atoms with Crippen LogP contribution in [0.15, 0.2) is 24.4 Å². The van der Waals surface area contributed by atoms with Crippen molar-refractivity contribution in [1.29, 1.82) is 0 Å². The van der Waals surface area contributed by atoms with Gasteiger partial charge in [-0.2, -0.15) is 0 Å². The normalized spacial score (nSPS) is 14.6. The molecule has 0 spiro atoms. The summed E-state index contributed by atoms with van der Waals surface area (Å²) in [6.45, 7) is 2.80. The van der Waals surface area contributed by atoms with Gasteiger partial charge in [0.1, 0.15) is 5.69 Å². The monoisotopic (exact) mass is 387 g/mol. The number of hydrogen-bond donors (Lipinski definition) is 5. The topological polar surface area (TPSA) is 101 Å². The van der Waals surface area contributed by atoms with Crippen LogP contribution in [0.1, 0.15) is 58.3 Å². The maximum absolute atomic E-state index is 12.2. The summed E-state index contributed by atoms with van der Waals surface area (Å²) >= 11 is 0. The summed E-state index contributed by atoms with van der Waals surface area (Å²) in [6.07, 6.45) is 10.6. The lowest BCUT2D eigenvalue weighted by Crippen LogP contribution is -2.40. The summed E-state index contributed by atoms with van der Waals surface area (Å²) in [7, 11) is 0. The molecule has 8 heteroatoms. The summed E-state index contributed by atoms with van der Waals surface area (Å²) in [5.41, 5.74) is 8.07. The van der Waals surface area contributed by atoms with Crippen molar-refractivity contribution < 1.29 is 9.77 Å². The molecule has 1 aromatic carbocycles. The van der Waals surface area contributed by atoms with E-state index in [4.69, 9.17) is 0 Å². The van der Waals surface area contributed by atoms with Crippen molar-refractivity contribution in [3.63, 3.8) is 0 Å². The first-order valence-corrected chi connectivity index (χ1v) is 10.3. The van der Waals surface area contributed by atoms with Crippen LogP contribution in [0.4, 0.5) is 16.2 Å². The Hall–Kier alpha value is -2.77. The van der Waals surface area contributed by atoms with Crippen molar-refractivity contribution in [1.82, 2.24) is 15.7 Å². The van der Waals surface area contributed by atoms with Gasteiger partial charge in [-0.05, 0) is 37.5 Å². The molecule has 1 aliphatic carbocycles. The fourth-order valence-electron chi connectivity index (χ4n) is 3.59. The van der Waals surface area contributed by atoms with E-state index in [1.807, 2.05) is 18.2 Å². The number of benzene rings is 1. The van der Waals surface area contributed by atoms with Gasteiger partial charge in [-0.1, -0.05) is 44.5 Å². The summed E-state index contributed by atoms with van der Waals surface area (Å²) in [4.78, 5) is 28.0. The summed E-state index contributed by atoms with van der Waals surface area (Å²) in [5, 5.41) is 6.58. The Morgan fingerprint density at radius 2 is 2.04 bits per heavy atom. The highest BCUT2D eigenvalue weighted by molar-refractivity contribution is 5.97. The number of nitroso groups, excluding NO2 is 1. The quantitative estimate of drug-likeness (QED) is 0.250. The minimum absolute atomic E-state index is 0.206. The van der Waals surface area contributed by atoms with E-state index in [1.165, 1.54) is 19.3 Å². The first-order valence-electron chi connectivity index (χ1n) is 10.3. The van der Waals surface area contributed by atoms with Crippen LogP contribution in [0, 0.1) is 4.91 Å². The molecule has 0 aliphatic heterocycles. The molecule has 1 heterocycles. The van der Waals surface area contributed by atoms with Crippen LogP contribution >= 0.6 is 0 Å². The van der Waals surface area contributed by atoms with E-state index >= 15 is 0 Å². The van der Waals surface area contributed by atoms with Gasteiger partial charge in [0.2, 0.25) is 0 Å². The van der Waals surface area contributed by atoms with Crippen LogP contribution in [-0.2, 0) is 0 Å². The standard InChI is InChI=1S/C20H30N6O2/c1-2-3-7-12-21-20(27)23-16-10-11-17-18(13-16)22-14-19(17)25-26(28)24-15-8-5-4-6-9-15/h10-11,13-15,22H,2-9,12H2,1H3,(H3-,21,23,24,25,27,28)/p+1. The Morgan fingerprint density at radius 3 is 2.82 bits per heavy atom. The molecule has 0 radical (unpaired) electrons. The fourth-order valence-corrected chi connectivity index (χ4v) is 3.59. The molecule has 1 fully saturated rings. The van der Waals surface area contributed by atoms with E-state index < -0.39 is 0 Å². The number of carbonyl (C=O) groups excluding carboxylic acids is 1. The smallest absolute Gasteiger partial charge is 0.319 e. The predicted molar refractivity (Wildman–Crippen MR) is 112 cm³/mol. The third-order valence-corrected chi connectivity index (χ3v) is 5.13. The molecule has 152 valence electrons. The summed E-state index contributed by atoms with van der Waals surface area (Å²) in [5.74, 6) is 0. The lowest BCUT2D eigenvalue weighted by molar-refractivity contribution is -0.586. The van der Waals surface area contributed by atoms with Gasteiger partial charge in [-0.25, -0.2) is 4.79 Å². The van der Waals surface area contributed by atoms with E-state index in [1.54, 1.807) is 6.20 Å². The molecule has 0 atom stereocenters. The average Bonchev–Trinajstić information content (AvgIpc) is 3.08. The number of aromatic nitrogens is 1. The van der Waals surface area contributed by atoms with Crippen LogP contribution in [0.5, 0.6) is 0 Å². The van der Waals surface area contributed by atoms with E-state index in [0.29, 0.717) is 22.9 Å². The Bertz CT molecular complexity index is 797. The zero-order valence-electron chi connectivity index (χ0n) is 16.5. The predicted octanol–water partition coefficient (Wildman–Crippen LogP) is 4.42. The van der Waals surface area contributed by atoms with Crippen LogP contribution < -0.4 is 21.5 Å². The molecule has 1 saturated carbocycles. The van der Waals surface area contributed by atoms with Crippen LogP contribution in [0.2, 0.25) is 0 Å². The Balaban J connectivity index is 1.54. The minimum Gasteiger partial charge on any atom is -0.359 e. The number of amides is 2. The van der Waals surface area contributed by atoms with E-state index in [0.717, 1.165) is 43.0 Å². The molecule has 2 amide bonds. The first kappa shape index (κ1) is 20.0. The zero-order valence-corrected chi connectivity index (χ0v) is 16.5. The molecule has 0 bridgehead atoms. The number of H-pyrrole nitrogens is 1. The van der Waals surface area contributed by atoms with Crippen LogP contribution in [0.3, 0.4) is 0 Å². The average molecular weight is 388 g/mol. The van der Waals surface area contributed by atoms with Gasteiger partial charge in [0, 0.05) is 29.3 Å². The summed E-state index contributed by atoms with van der Waals surface area (Å²) < 4.78 is 0. The van der Waals surface area contributed by atoms with E-state index in [9.17, 15) is 9.70 Å². The minimum atomic E-state index is -0.206. The highest BCUT2D eigenvalue weighted by Crippen LogP contribution is 2.26. The molecule has 0 unspecified atom stereocenters. The maximum Gasteiger partial charge on any atom is 0.319 e. The van der Waals surface area contributed by atoms with Crippen LogP contribution in [-0.4, -0.2) is 28.6 Å². The second kappa shape index (κ2) is 9.96. The van der Waals surface area contributed by atoms with Crippen molar-refractivity contribution in [2.75, 3.05) is 17.3 Å². The SMILES string of the molecule is CCCCCNC(=O)Nc1ccc2c(N[N+](=O)NC3CCCCC3)c[nH]c2c1. The number of nitrogens with one attached hydrogen (secondary N) is 5. The van der Waals surface area contributed by atoms with E-state index in [-0.39, 0.29) is 12.1 Å². The summed E-state index contributed by atoms with van der Waals surface area (Å²) in [6, 6.07) is 5.60. The number of rotatable bonds is 9. The third-order valence-electron chi connectivity index (χ3n) is 5.13. The first-order chi connectivity index (χ1) is 13.7. The Labute approximate surface area is 165 Å². The number of nitrogens with zero attached hydrogens (tertiary/aromatic N) is 1. The third kappa shape index (κ3) is 5.61. The number of anilines is 2. The van der Waals surface area contributed by atoms with Crippen molar-refractivity contribution in [3.8, 4) is 0 Å². The Morgan fingerprint density at radius 1 is 1.21 bits per heavy atom. The van der Waals surface area contributed by atoms with E-state index in [2.05, 4.69) is 33.4 Å². The number of carbonyl (C=O) groups is 1. The molecule has 2 aromatic rings. The van der Waals surface area contributed by atoms with Gasteiger partial charge >= 0.3 is 6.03 Å². The van der Waals surface area contributed by atoms with Gasteiger partial charge in [0.05, 0.1) is 10.9 Å². The number of fused-ring (bicyclic) bond motifs is 1. The Kier molecular flexibility index (Phi) is 7.11. The molecule has 8 nitrogen and oxygen atoms in total. The molecule has 0 saturated heterocycles. The van der Waals surface area contributed by atoms with Crippen molar-refractivity contribution in [3.05, 3.63) is 29.3 Å². The molecule has 1 aliphatic rings. The largest absolute Gasteiger partial charge is 0.359 e. The fraction of sp³-hybridized carbons (Fsp3) is 0.550. The maximum atomic E-state index is 12.2. The second-order valence-corrected chi connectivity index (χ2v) is 7.42. The number of hydrazine groups is 2. The van der Waals surface area contributed by atoms with Crippen molar-refractivity contribution >= 4 is 28.3 Å². The molecule has 28 heavy (non-hydrogen) atoms. The molecular formula is C20H31N6O2+. The highest BCUT2D eigenvalue weighted by atomic mass is 16.4.